The topological polar surface area (TPSA) is 102 Å². The van der Waals surface area contributed by atoms with E-state index in [2.05, 4.69) is 4.74 Å². The van der Waals surface area contributed by atoms with E-state index in [0.717, 1.165) is 11.4 Å². The molecule has 100 valence electrons. The first-order chi connectivity index (χ1) is 8.35. The number of ether oxygens (including phenoxy) is 1. The van der Waals surface area contributed by atoms with Crippen molar-refractivity contribution in [2.24, 2.45) is 0 Å². The molecule has 0 radical (unpaired) electrons. The molecule has 0 aliphatic carbocycles. The van der Waals surface area contributed by atoms with Gasteiger partial charge in [0.25, 0.3) is 0 Å². The fourth-order valence-electron chi connectivity index (χ4n) is 1.26. The molecule has 0 saturated heterocycles. The summed E-state index contributed by atoms with van der Waals surface area (Å²) in [5, 5.41) is 0. The number of methoxy groups -OCH3 is 1. The molecule has 0 aromatic heterocycles. The maximum atomic E-state index is 11.7. The number of nitrogens with two attached hydrogens (primary N) is 1. The molecule has 0 aliphatic heterocycles. The van der Waals surface area contributed by atoms with Crippen LogP contribution in [0.5, 0.6) is 0 Å². The summed E-state index contributed by atoms with van der Waals surface area (Å²) in [7, 11) is -1.49. The van der Waals surface area contributed by atoms with E-state index >= 15 is 0 Å². The highest BCUT2D eigenvalue weighted by Crippen LogP contribution is 2.10. The zero-order chi connectivity index (χ0) is 13.8. The predicted octanol–water partition coefficient (Wildman–Crippen LogP) is 0.301. The first kappa shape index (κ1) is 14.3. The minimum atomic E-state index is -3.91. The lowest BCUT2D eigenvalue weighted by Crippen LogP contribution is -2.41. The van der Waals surface area contributed by atoms with Crippen molar-refractivity contribution in [3.63, 3.8) is 0 Å². The lowest BCUT2D eigenvalue weighted by atomic mass is 10.2. The smallest absolute Gasteiger partial charge is 0.421 e. The predicted molar refractivity (Wildman–Crippen MR) is 66.8 cm³/mol. The molecular weight excluding hydrogens is 258 g/mol. The van der Waals surface area contributed by atoms with Gasteiger partial charge < -0.3 is 10.5 Å². The highest BCUT2D eigenvalue weighted by atomic mass is 32.2. The van der Waals surface area contributed by atoms with Gasteiger partial charge in [0.1, 0.15) is 0 Å². The van der Waals surface area contributed by atoms with E-state index in [1.54, 1.807) is 29.0 Å². The second-order valence-corrected chi connectivity index (χ2v) is 5.38. The molecule has 1 aromatic rings. The molecule has 0 atom stereocenters. The molecule has 0 saturated carbocycles. The summed E-state index contributed by atoms with van der Waals surface area (Å²) in [5.41, 5.74) is 6.84. The third-order valence-electron chi connectivity index (χ3n) is 2.16. The first-order valence-electron chi connectivity index (χ1n) is 5.01. The van der Waals surface area contributed by atoms with Gasteiger partial charge in [-0.15, -0.1) is 0 Å². The summed E-state index contributed by atoms with van der Waals surface area (Å²) in [6, 6.07) is 6.81. The van der Waals surface area contributed by atoms with Crippen LogP contribution < -0.4 is 10.5 Å². The number of carbonyl (C=O) groups is 1. The average Bonchev–Trinajstić information content (AvgIpc) is 2.28. The van der Waals surface area contributed by atoms with Gasteiger partial charge in [-0.2, -0.15) is 12.7 Å². The van der Waals surface area contributed by atoms with Gasteiger partial charge in [-0.3, -0.25) is 0 Å². The number of nitrogens with zero attached hydrogens (tertiary/aromatic N) is 1. The monoisotopic (exact) mass is 273 g/mol. The van der Waals surface area contributed by atoms with Crippen molar-refractivity contribution in [1.82, 2.24) is 9.03 Å². The maximum absolute atomic E-state index is 11.7. The normalized spacial score (nSPS) is 11.3. The minimum absolute atomic E-state index is 0.0946. The van der Waals surface area contributed by atoms with Crippen molar-refractivity contribution in [3.05, 3.63) is 29.8 Å². The molecule has 0 bridgehead atoms. The number of nitrogens with one attached hydrogen (secondary N) is 1. The van der Waals surface area contributed by atoms with Gasteiger partial charge in [0.05, 0.1) is 7.11 Å². The Hall–Kier alpha value is -1.80. The summed E-state index contributed by atoms with van der Waals surface area (Å²) in [4.78, 5) is 10.9. The Balaban J connectivity index is 2.76. The summed E-state index contributed by atoms with van der Waals surface area (Å²) in [6.45, 7) is 0.0946. The quantitative estimate of drug-likeness (QED) is 0.768. The Labute approximate surface area is 106 Å². The Morgan fingerprint density at radius 3 is 2.72 bits per heavy atom. The van der Waals surface area contributed by atoms with Crippen LogP contribution in [0.2, 0.25) is 0 Å². The van der Waals surface area contributed by atoms with Gasteiger partial charge in [0.15, 0.2) is 0 Å². The number of benzene rings is 1. The van der Waals surface area contributed by atoms with Crippen molar-refractivity contribution < 1.29 is 17.9 Å². The van der Waals surface area contributed by atoms with Gasteiger partial charge in [-0.25, -0.2) is 9.52 Å². The second-order valence-electron chi connectivity index (χ2n) is 3.60. The Kier molecular flexibility index (Phi) is 4.51. The average molecular weight is 273 g/mol. The standard InChI is InChI=1S/C10H15N3O4S/c1-13(18(15,16)12-10(14)17-2)7-8-4-3-5-9(11)6-8/h3-6H,7,11H2,1-2H3,(H,12,14). The van der Waals surface area contributed by atoms with E-state index in [-0.39, 0.29) is 6.54 Å². The molecular formula is C10H15N3O4S. The number of rotatable bonds is 4. The fourth-order valence-corrected chi connectivity index (χ4v) is 2.03. The van der Waals surface area contributed by atoms with E-state index in [9.17, 15) is 13.2 Å². The van der Waals surface area contributed by atoms with E-state index in [4.69, 9.17) is 5.73 Å². The van der Waals surface area contributed by atoms with Crippen molar-refractivity contribution in [1.29, 1.82) is 0 Å². The molecule has 0 fully saturated rings. The van der Waals surface area contributed by atoms with Gasteiger partial charge in [0, 0.05) is 19.3 Å². The van der Waals surface area contributed by atoms with E-state index in [1.165, 1.54) is 7.05 Å². The molecule has 0 spiro atoms. The number of nitrogen functional groups attached to an aromatic ring is 1. The zero-order valence-corrected chi connectivity index (χ0v) is 10.9. The SMILES string of the molecule is COC(=O)NS(=O)(=O)N(C)Cc1cccc(N)c1. The Morgan fingerprint density at radius 2 is 2.17 bits per heavy atom. The van der Waals surface area contributed by atoms with Crippen molar-refractivity contribution in [2.75, 3.05) is 19.9 Å². The number of hydrogen-bond acceptors (Lipinski definition) is 5. The molecule has 0 unspecified atom stereocenters. The number of carbonyl (C=O) groups excluding carboxylic acids is 1. The third kappa shape index (κ3) is 3.90. The molecule has 1 amide bonds. The first-order valence-corrected chi connectivity index (χ1v) is 6.45. The summed E-state index contributed by atoms with van der Waals surface area (Å²) >= 11 is 0. The minimum Gasteiger partial charge on any atom is -0.452 e. The van der Waals surface area contributed by atoms with Crippen LogP contribution in [0.1, 0.15) is 5.56 Å². The lowest BCUT2D eigenvalue weighted by molar-refractivity contribution is 0.177. The second kappa shape index (κ2) is 5.69. The van der Waals surface area contributed by atoms with Crippen LogP contribution in [-0.2, 0) is 21.5 Å². The highest BCUT2D eigenvalue weighted by molar-refractivity contribution is 7.87. The van der Waals surface area contributed by atoms with Crippen LogP contribution in [-0.4, -0.2) is 33.0 Å². The molecule has 0 aliphatic rings. The molecule has 3 N–H and O–H groups in total. The molecule has 18 heavy (non-hydrogen) atoms. The largest absolute Gasteiger partial charge is 0.452 e. The van der Waals surface area contributed by atoms with E-state index in [0.29, 0.717) is 11.3 Å². The lowest BCUT2D eigenvalue weighted by Gasteiger charge is -2.17. The van der Waals surface area contributed by atoms with Gasteiger partial charge in [-0.05, 0) is 17.7 Å². The van der Waals surface area contributed by atoms with Crippen molar-refractivity contribution in [2.45, 2.75) is 6.54 Å². The summed E-state index contributed by atoms with van der Waals surface area (Å²) in [6.07, 6.45) is -1.03. The molecule has 1 aromatic carbocycles. The van der Waals surface area contributed by atoms with Crippen molar-refractivity contribution >= 4 is 22.0 Å². The highest BCUT2D eigenvalue weighted by Gasteiger charge is 2.20. The van der Waals surface area contributed by atoms with Crippen LogP contribution in [0.15, 0.2) is 24.3 Å². The Bertz CT molecular complexity index is 530. The van der Waals surface area contributed by atoms with Crippen LogP contribution >= 0.6 is 0 Å². The summed E-state index contributed by atoms with van der Waals surface area (Å²) in [5.74, 6) is 0. The number of anilines is 1. The fraction of sp³-hybridized carbons (Fsp3) is 0.300. The maximum Gasteiger partial charge on any atom is 0.421 e. The molecule has 8 heteroatoms. The third-order valence-corrected chi connectivity index (χ3v) is 3.54. The van der Waals surface area contributed by atoms with Gasteiger partial charge in [0.2, 0.25) is 0 Å². The van der Waals surface area contributed by atoms with Crippen LogP contribution in [0.3, 0.4) is 0 Å². The molecule has 0 heterocycles. The number of hydrogen-bond donors (Lipinski definition) is 2. The van der Waals surface area contributed by atoms with Crippen LogP contribution in [0.4, 0.5) is 10.5 Å². The summed E-state index contributed by atoms with van der Waals surface area (Å²) < 4.78 is 30.3. The van der Waals surface area contributed by atoms with Gasteiger partial charge in [-0.1, -0.05) is 12.1 Å². The molecule has 1 rings (SSSR count). The van der Waals surface area contributed by atoms with E-state index < -0.39 is 16.3 Å². The zero-order valence-electron chi connectivity index (χ0n) is 10.1. The molecule has 7 nitrogen and oxygen atoms in total. The van der Waals surface area contributed by atoms with Crippen LogP contribution in [0.25, 0.3) is 0 Å². The van der Waals surface area contributed by atoms with Crippen LogP contribution in [0, 0.1) is 0 Å². The number of amides is 1. The van der Waals surface area contributed by atoms with Crippen molar-refractivity contribution in [3.8, 4) is 0 Å². The van der Waals surface area contributed by atoms with E-state index in [1.807, 2.05) is 0 Å². The Morgan fingerprint density at radius 1 is 1.50 bits per heavy atom. The van der Waals surface area contributed by atoms with Gasteiger partial charge >= 0.3 is 16.3 Å².